The van der Waals surface area contributed by atoms with E-state index >= 15 is 0 Å². The first-order valence-electron chi connectivity index (χ1n) is 9.94. The number of amides is 1. The predicted molar refractivity (Wildman–Crippen MR) is 115 cm³/mol. The molecule has 1 amide bonds. The van der Waals surface area contributed by atoms with Crippen LogP contribution in [0.4, 0.5) is 4.79 Å². The first-order valence-corrected chi connectivity index (χ1v) is 11.4. The molecule has 162 valence electrons. The van der Waals surface area contributed by atoms with Crippen LogP contribution >= 0.6 is 0 Å². The van der Waals surface area contributed by atoms with E-state index in [1.807, 2.05) is 37.3 Å². The highest BCUT2D eigenvalue weighted by Crippen LogP contribution is 2.29. The number of carbonyl (C=O) groups excluding carboxylic acids is 1. The van der Waals surface area contributed by atoms with Crippen molar-refractivity contribution in [3.8, 4) is 0 Å². The Bertz CT molecular complexity index is 970. The smallest absolute Gasteiger partial charge is 0.425 e. The molecule has 1 N–H and O–H groups in total. The topological polar surface area (TPSA) is 79.0 Å². The number of rotatable bonds is 6. The summed E-state index contributed by atoms with van der Waals surface area (Å²) in [5.41, 5.74) is 1.35. The fourth-order valence-electron chi connectivity index (χ4n) is 3.19. The van der Waals surface area contributed by atoms with Crippen molar-refractivity contribution in [2.24, 2.45) is 0 Å². The standard InChI is InChI=1S/C22H29N3O4S/c1-17-10-12-20(13-11-17)30(27,28)25-19(15-23-14-18-8-6-5-7-9-18)16-24(25)21(26)29-22(2,3)4/h5-13,19,23H,14-16H2,1-4H3/t19-/m1/s1. The van der Waals surface area contributed by atoms with Crippen molar-refractivity contribution >= 4 is 16.1 Å². The molecule has 1 aliphatic rings. The summed E-state index contributed by atoms with van der Waals surface area (Å²) in [6.45, 7) is 8.44. The van der Waals surface area contributed by atoms with Crippen LogP contribution in [0.25, 0.3) is 0 Å². The lowest BCUT2D eigenvalue weighted by Gasteiger charge is -2.48. The van der Waals surface area contributed by atoms with Crippen LogP contribution in [0.5, 0.6) is 0 Å². The number of sulfonamides is 1. The number of hydrogen-bond acceptors (Lipinski definition) is 5. The van der Waals surface area contributed by atoms with Gasteiger partial charge in [-0.25, -0.2) is 18.2 Å². The van der Waals surface area contributed by atoms with Gasteiger partial charge in [0.25, 0.3) is 10.0 Å². The third-order valence-corrected chi connectivity index (χ3v) is 6.51. The average molecular weight is 432 g/mol. The van der Waals surface area contributed by atoms with Gasteiger partial charge in [0, 0.05) is 13.1 Å². The summed E-state index contributed by atoms with van der Waals surface area (Å²) < 4.78 is 33.1. The fraction of sp³-hybridized carbons (Fsp3) is 0.409. The van der Waals surface area contributed by atoms with Crippen LogP contribution in [-0.2, 0) is 21.3 Å². The highest BCUT2D eigenvalue weighted by atomic mass is 32.2. The first-order chi connectivity index (χ1) is 14.1. The lowest BCUT2D eigenvalue weighted by Crippen LogP contribution is -2.70. The largest absolute Gasteiger partial charge is 0.443 e. The zero-order valence-corrected chi connectivity index (χ0v) is 18.6. The van der Waals surface area contributed by atoms with Gasteiger partial charge in [0.05, 0.1) is 17.5 Å². The Kier molecular flexibility index (Phi) is 6.50. The summed E-state index contributed by atoms with van der Waals surface area (Å²) in [6.07, 6.45) is -0.669. The summed E-state index contributed by atoms with van der Waals surface area (Å²) in [5, 5.41) is 4.45. The van der Waals surface area contributed by atoms with Crippen molar-refractivity contribution in [1.82, 2.24) is 14.7 Å². The van der Waals surface area contributed by atoms with Crippen molar-refractivity contribution in [2.45, 2.75) is 50.8 Å². The normalized spacial score (nSPS) is 17.5. The van der Waals surface area contributed by atoms with Crippen molar-refractivity contribution in [1.29, 1.82) is 0 Å². The van der Waals surface area contributed by atoms with Crippen molar-refractivity contribution < 1.29 is 17.9 Å². The van der Waals surface area contributed by atoms with E-state index in [1.165, 1.54) is 0 Å². The van der Waals surface area contributed by atoms with E-state index in [2.05, 4.69) is 5.32 Å². The molecule has 30 heavy (non-hydrogen) atoms. The second-order valence-electron chi connectivity index (χ2n) is 8.42. The van der Waals surface area contributed by atoms with Gasteiger partial charge in [-0.1, -0.05) is 52.4 Å². The van der Waals surface area contributed by atoms with E-state index in [0.717, 1.165) is 20.6 Å². The minimum atomic E-state index is -3.89. The van der Waals surface area contributed by atoms with Gasteiger partial charge in [-0.05, 0) is 45.4 Å². The first kappa shape index (κ1) is 22.3. The fourth-order valence-corrected chi connectivity index (χ4v) is 4.81. The van der Waals surface area contributed by atoms with Crippen LogP contribution in [0.3, 0.4) is 0 Å². The molecule has 8 heteroatoms. The minimum absolute atomic E-state index is 0.148. The number of aryl methyl sites for hydroxylation is 1. The minimum Gasteiger partial charge on any atom is -0.443 e. The SMILES string of the molecule is Cc1ccc(S(=O)(=O)N2[C@H](CNCc3ccccc3)CN2C(=O)OC(C)(C)C)cc1. The molecular weight excluding hydrogens is 402 g/mol. The third kappa shape index (κ3) is 5.19. The Balaban J connectivity index is 1.77. The summed E-state index contributed by atoms with van der Waals surface area (Å²) in [7, 11) is -3.89. The number of benzene rings is 2. The molecule has 1 aliphatic heterocycles. The molecule has 0 radical (unpaired) electrons. The molecule has 0 unspecified atom stereocenters. The van der Waals surface area contributed by atoms with Gasteiger partial charge in [-0.2, -0.15) is 0 Å². The molecule has 1 heterocycles. The van der Waals surface area contributed by atoms with E-state index < -0.39 is 21.7 Å². The third-order valence-electron chi connectivity index (χ3n) is 4.66. The van der Waals surface area contributed by atoms with Crippen LogP contribution in [0.2, 0.25) is 0 Å². The molecule has 1 fully saturated rings. The number of hydrogen-bond donors (Lipinski definition) is 1. The Hall–Kier alpha value is -2.42. The molecular formula is C22H29N3O4S. The van der Waals surface area contributed by atoms with E-state index in [-0.39, 0.29) is 17.5 Å². The summed E-state index contributed by atoms with van der Waals surface area (Å²) in [6, 6.07) is 16.1. The zero-order valence-electron chi connectivity index (χ0n) is 17.8. The maximum atomic E-state index is 13.3. The second-order valence-corrected chi connectivity index (χ2v) is 10.2. The lowest BCUT2D eigenvalue weighted by molar-refractivity contribution is -0.0892. The number of ether oxygens (including phenoxy) is 1. The number of carbonyl (C=O) groups is 1. The average Bonchev–Trinajstić information content (AvgIpc) is 2.63. The number of nitrogens with zero attached hydrogens (tertiary/aromatic N) is 2. The van der Waals surface area contributed by atoms with Gasteiger partial charge in [0.1, 0.15) is 5.60 Å². The highest BCUT2D eigenvalue weighted by molar-refractivity contribution is 7.89. The summed E-state index contributed by atoms with van der Waals surface area (Å²) in [5.74, 6) is 0. The molecule has 0 aromatic heterocycles. The number of nitrogens with one attached hydrogen (secondary N) is 1. The number of hydrazine groups is 1. The molecule has 0 bridgehead atoms. The van der Waals surface area contributed by atoms with E-state index in [1.54, 1.807) is 45.0 Å². The van der Waals surface area contributed by atoms with Crippen LogP contribution in [-0.4, -0.2) is 48.7 Å². The Morgan fingerprint density at radius 1 is 1.10 bits per heavy atom. The molecule has 3 rings (SSSR count). The zero-order chi connectivity index (χ0) is 21.9. The molecule has 0 saturated carbocycles. The van der Waals surface area contributed by atoms with Crippen LogP contribution in [0.15, 0.2) is 59.5 Å². The monoisotopic (exact) mass is 431 g/mol. The summed E-state index contributed by atoms with van der Waals surface area (Å²) in [4.78, 5) is 12.7. The molecule has 1 saturated heterocycles. The summed E-state index contributed by atoms with van der Waals surface area (Å²) >= 11 is 0. The van der Waals surface area contributed by atoms with Gasteiger partial charge in [-0.3, -0.25) is 0 Å². The Morgan fingerprint density at radius 2 is 1.73 bits per heavy atom. The maximum absolute atomic E-state index is 13.3. The molecule has 1 atom stereocenters. The van der Waals surface area contributed by atoms with Crippen molar-refractivity contribution in [2.75, 3.05) is 13.1 Å². The van der Waals surface area contributed by atoms with Crippen LogP contribution < -0.4 is 5.32 Å². The predicted octanol–water partition coefficient (Wildman–Crippen LogP) is 3.31. The van der Waals surface area contributed by atoms with E-state index in [4.69, 9.17) is 4.74 Å². The Labute approximate surface area is 178 Å². The Morgan fingerprint density at radius 3 is 2.33 bits per heavy atom. The molecule has 7 nitrogen and oxygen atoms in total. The van der Waals surface area contributed by atoms with Crippen LogP contribution in [0.1, 0.15) is 31.9 Å². The molecule has 2 aromatic rings. The highest BCUT2D eigenvalue weighted by Gasteiger charge is 2.49. The molecule has 0 spiro atoms. The van der Waals surface area contributed by atoms with Crippen LogP contribution in [0, 0.1) is 6.92 Å². The molecule has 0 aliphatic carbocycles. The van der Waals surface area contributed by atoms with Gasteiger partial charge >= 0.3 is 6.09 Å². The lowest BCUT2D eigenvalue weighted by atomic mass is 10.2. The quantitative estimate of drug-likeness (QED) is 0.759. The van der Waals surface area contributed by atoms with Gasteiger partial charge < -0.3 is 10.1 Å². The van der Waals surface area contributed by atoms with Crippen molar-refractivity contribution in [3.05, 3.63) is 65.7 Å². The second kappa shape index (κ2) is 8.75. The van der Waals surface area contributed by atoms with E-state index in [0.29, 0.717) is 13.1 Å². The van der Waals surface area contributed by atoms with Crippen molar-refractivity contribution in [3.63, 3.8) is 0 Å². The van der Waals surface area contributed by atoms with Gasteiger partial charge in [0.15, 0.2) is 0 Å². The maximum Gasteiger partial charge on any atom is 0.425 e. The van der Waals surface area contributed by atoms with Gasteiger partial charge in [0.2, 0.25) is 0 Å². The van der Waals surface area contributed by atoms with Gasteiger partial charge in [-0.15, -0.1) is 0 Å². The van der Waals surface area contributed by atoms with E-state index in [9.17, 15) is 13.2 Å². The molecule has 2 aromatic carbocycles.